The van der Waals surface area contributed by atoms with Gasteiger partial charge in [0.1, 0.15) is 29.3 Å². The zero-order valence-corrected chi connectivity index (χ0v) is 13.8. The third-order valence-corrected chi connectivity index (χ3v) is 3.63. The summed E-state index contributed by atoms with van der Waals surface area (Å²) in [5.74, 6) is 0.548. The molecule has 6 heteroatoms. The van der Waals surface area contributed by atoms with E-state index in [-0.39, 0.29) is 6.61 Å². The number of benzene rings is 1. The maximum atomic E-state index is 12.3. The molecule has 1 aromatic carbocycles. The molecule has 124 valence electrons. The fourth-order valence-corrected chi connectivity index (χ4v) is 2.41. The van der Waals surface area contributed by atoms with Gasteiger partial charge in [-0.1, -0.05) is 6.07 Å². The van der Waals surface area contributed by atoms with Crippen LogP contribution in [-0.2, 0) is 11.3 Å². The lowest BCUT2D eigenvalue weighted by Gasteiger charge is -2.09. The average Bonchev–Trinajstić information content (AvgIpc) is 3.00. The van der Waals surface area contributed by atoms with Crippen molar-refractivity contribution >= 4 is 11.6 Å². The molecule has 0 amide bonds. The van der Waals surface area contributed by atoms with Gasteiger partial charge in [-0.2, -0.15) is 0 Å². The predicted molar refractivity (Wildman–Crippen MR) is 88.6 cm³/mol. The summed E-state index contributed by atoms with van der Waals surface area (Å²) < 4.78 is 17.6. The zero-order chi connectivity index (χ0) is 17.1. The number of aromatic nitrogens is 2. The smallest absolute Gasteiger partial charge is 0.342 e. The predicted octanol–water partition coefficient (Wildman–Crippen LogP) is 3.02. The number of carbonyl (C=O) groups is 1. The molecule has 3 rings (SSSR count). The quantitative estimate of drug-likeness (QED) is 0.675. The molecular weight excluding hydrogens is 308 g/mol. The largest absolute Gasteiger partial charge is 0.497 e. The van der Waals surface area contributed by atoms with E-state index in [4.69, 9.17) is 14.2 Å². The summed E-state index contributed by atoms with van der Waals surface area (Å²) >= 11 is 0. The van der Waals surface area contributed by atoms with Crippen LogP contribution in [0.15, 0.2) is 42.7 Å². The molecule has 0 radical (unpaired) electrons. The van der Waals surface area contributed by atoms with Crippen LogP contribution in [0.1, 0.15) is 21.6 Å². The van der Waals surface area contributed by atoms with Gasteiger partial charge in [0, 0.05) is 18.5 Å². The van der Waals surface area contributed by atoms with Crippen LogP contribution >= 0.6 is 0 Å². The Balaban J connectivity index is 1.74. The summed E-state index contributed by atoms with van der Waals surface area (Å²) in [6, 6.07) is 8.86. The number of ether oxygens (including phenoxy) is 3. The molecule has 0 unspecified atom stereocenters. The van der Waals surface area contributed by atoms with Crippen molar-refractivity contribution in [1.82, 2.24) is 9.38 Å². The molecule has 6 nitrogen and oxygen atoms in total. The fraction of sp³-hybridized carbons (Fsp3) is 0.222. The van der Waals surface area contributed by atoms with Crippen molar-refractivity contribution in [2.75, 3.05) is 14.2 Å². The van der Waals surface area contributed by atoms with Crippen LogP contribution in [0.4, 0.5) is 0 Å². The lowest BCUT2D eigenvalue weighted by atomic mass is 10.2. The standard InChI is InChI=1S/C18H18N2O4/c1-12-4-7-17-19-13(10-20(17)9-12)11-24-18(21)15-6-5-14(22-2)8-16(15)23-3/h4-10H,11H2,1-3H3. The number of aryl methyl sites for hydroxylation is 1. The van der Waals surface area contributed by atoms with Gasteiger partial charge in [0.2, 0.25) is 0 Å². The second kappa shape index (κ2) is 6.62. The molecular formula is C18H18N2O4. The third-order valence-electron chi connectivity index (χ3n) is 3.63. The topological polar surface area (TPSA) is 62.1 Å². The first-order valence-corrected chi connectivity index (χ1v) is 7.44. The monoisotopic (exact) mass is 326 g/mol. The first-order valence-electron chi connectivity index (χ1n) is 7.44. The van der Waals surface area contributed by atoms with Gasteiger partial charge in [-0.3, -0.25) is 0 Å². The van der Waals surface area contributed by atoms with E-state index in [1.165, 1.54) is 7.11 Å². The Morgan fingerprint density at radius 1 is 1.12 bits per heavy atom. The lowest BCUT2D eigenvalue weighted by Crippen LogP contribution is -2.07. The van der Waals surface area contributed by atoms with Gasteiger partial charge in [-0.15, -0.1) is 0 Å². The number of methoxy groups -OCH3 is 2. The maximum Gasteiger partial charge on any atom is 0.342 e. The van der Waals surface area contributed by atoms with Crippen LogP contribution < -0.4 is 9.47 Å². The van der Waals surface area contributed by atoms with Crippen LogP contribution in [0.2, 0.25) is 0 Å². The molecule has 0 saturated heterocycles. The summed E-state index contributed by atoms with van der Waals surface area (Å²) in [7, 11) is 3.05. The molecule has 0 aliphatic rings. The Kier molecular flexibility index (Phi) is 4.37. The molecule has 0 bridgehead atoms. The van der Waals surface area contributed by atoms with E-state index >= 15 is 0 Å². The van der Waals surface area contributed by atoms with Gasteiger partial charge in [-0.05, 0) is 30.7 Å². The Bertz CT molecular complexity index is 886. The Morgan fingerprint density at radius 3 is 2.71 bits per heavy atom. The van der Waals surface area contributed by atoms with Gasteiger partial charge in [0.15, 0.2) is 0 Å². The molecule has 0 spiro atoms. The normalized spacial score (nSPS) is 10.6. The summed E-state index contributed by atoms with van der Waals surface area (Å²) in [5.41, 5.74) is 2.97. The number of hydrogen-bond acceptors (Lipinski definition) is 5. The molecule has 2 aromatic heterocycles. The lowest BCUT2D eigenvalue weighted by molar-refractivity contribution is 0.0464. The second-order valence-corrected chi connectivity index (χ2v) is 5.35. The molecule has 0 aliphatic carbocycles. The minimum Gasteiger partial charge on any atom is -0.497 e. The van der Waals surface area contributed by atoms with Crippen LogP contribution in [0.5, 0.6) is 11.5 Å². The maximum absolute atomic E-state index is 12.3. The first kappa shape index (κ1) is 15.9. The minimum atomic E-state index is -0.470. The van der Waals surface area contributed by atoms with E-state index in [9.17, 15) is 4.79 Å². The minimum absolute atomic E-state index is 0.0920. The van der Waals surface area contributed by atoms with E-state index in [2.05, 4.69) is 4.98 Å². The Hall–Kier alpha value is -3.02. The number of rotatable bonds is 5. The highest BCUT2D eigenvalue weighted by Crippen LogP contribution is 2.25. The number of fused-ring (bicyclic) bond motifs is 1. The Labute approximate surface area is 139 Å². The Morgan fingerprint density at radius 2 is 1.96 bits per heavy atom. The molecule has 0 atom stereocenters. The first-order chi connectivity index (χ1) is 11.6. The highest BCUT2D eigenvalue weighted by atomic mass is 16.5. The van der Waals surface area contributed by atoms with Crippen molar-refractivity contribution in [3.63, 3.8) is 0 Å². The third kappa shape index (κ3) is 3.17. The second-order valence-electron chi connectivity index (χ2n) is 5.35. The summed E-state index contributed by atoms with van der Waals surface area (Å²) in [4.78, 5) is 16.7. The van der Waals surface area contributed by atoms with E-state index in [0.29, 0.717) is 22.8 Å². The van der Waals surface area contributed by atoms with E-state index in [1.54, 1.807) is 25.3 Å². The van der Waals surface area contributed by atoms with Crippen molar-refractivity contribution < 1.29 is 19.0 Å². The van der Waals surface area contributed by atoms with Crippen molar-refractivity contribution in [2.45, 2.75) is 13.5 Å². The number of nitrogens with zero attached hydrogens (tertiary/aromatic N) is 2. The highest BCUT2D eigenvalue weighted by molar-refractivity contribution is 5.92. The van der Waals surface area contributed by atoms with E-state index in [0.717, 1.165) is 11.2 Å². The van der Waals surface area contributed by atoms with Gasteiger partial charge < -0.3 is 18.6 Å². The number of hydrogen-bond donors (Lipinski definition) is 0. The van der Waals surface area contributed by atoms with E-state index < -0.39 is 5.97 Å². The van der Waals surface area contributed by atoms with Crippen molar-refractivity contribution in [1.29, 1.82) is 0 Å². The van der Waals surface area contributed by atoms with E-state index in [1.807, 2.05) is 35.9 Å². The summed E-state index contributed by atoms with van der Waals surface area (Å²) in [6.07, 6.45) is 3.82. The molecule has 24 heavy (non-hydrogen) atoms. The summed E-state index contributed by atoms with van der Waals surface area (Å²) in [6.45, 7) is 2.10. The molecule has 2 heterocycles. The van der Waals surface area contributed by atoms with Crippen molar-refractivity contribution in [3.05, 3.63) is 59.5 Å². The van der Waals surface area contributed by atoms with Gasteiger partial charge in [-0.25, -0.2) is 9.78 Å². The van der Waals surface area contributed by atoms with Gasteiger partial charge >= 0.3 is 5.97 Å². The van der Waals surface area contributed by atoms with Crippen LogP contribution in [0.3, 0.4) is 0 Å². The highest BCUT2D eigenvalue weighted by Gasteiger charge is 2.15. The van der Waals surface area contributed by atoms with Gasteiger partial charge in [0.05, 0.1) is 19.9 Å². The number of esters is 1. The summed E-state index contributed by atoms with van der Waals surface area (Å²) in [5, 5.41) is 0. The molecule has 0 N–H and O–H groups in total. The SMILES string of the molecule is COc1ccc(C(=O)OCc2cn3cc(C)ccc3n2)c(OC)c1. The van der Waals surface area contributed by atoms with Crippen molar-refractivity contribution in [2.24, 2.45) is 0 Å². The van der Waals surface area contributed by atoms with Crippen LogP contribution in [-0.4, -0.2) is 29.6 Å². The number of imidazole rings is 1. The fourth-order valence-electron chi connectivity index (χ4n) is 2.41. The number of pyridine rings is 1. The average molecular weight is 326 g/mol. The van der Waals surface area contributed by atoms with Gasteiger partial charge in [0.25, 0.3) is 0 Å². The van der Waals surface area contributed by atoms with Crippen LogP contribution in [0.25, 0.3) is 5.65 Å². The van der Waals surface area contributed by atoms with Crippen molar-refractivity contribution in [3.8, 4) is 11.5 Å². The zero-order valence-electron chi connectivity index (χ0n) is 13.8. The molecule has 3 aromatic rings. The molecule has 0 aliphatic heterocycles. The van der Waals surface area contributed by atoms with Crippen LogP contribution in [0, 0.1) is 6.92 Å². The number of carbonyl (C=O) groups excluding carboxylic acids is 1. The molecule has 0 fully saturated rings. The molecule has 0 saturated carbocycles.